The molecule has 8 heteroatoms. The predicted molar refractivity (Wildman–Crippen MR) is 120 cm³/mol. The molecule has 8 nitrogen and oxygen atoms in total. The first kappa shape index (κ1) is 21.3. The molecule has 2 heterocycles. The van der Waals surface area contributed by atoms with E-state index in [0.29, 0.717) is 16.9 Å². The van der Waals surface area contributed by atoms with Crippen molar-refractivity contribution < 1.29 is 14.4 Å². The molecule has 3 aromatic rings. The average Bonchev–Trinajstić information content (AvgIpc) is 3.17. The van der Waals surface area contributed by atoms with Crippen LogP contribution in [0.3, 0.4) is 0 Å². The van der Waals surface area contributed by atoms with Crippen molar-refractivity contribution in [2.24, 2.45) is 0 Å². The predicted octanol–water partition coefficient (Wildman–Crippen LogP) is 3.20. The molecule has 0 radical (unpaired) electrons. The molecule has 1 aliphatic heterocycles. The minimum absolute atomic E-state index is 0.387. The Bertz CT molecular complexity index is 1200. The second-order valence-electron chi connectivity index (χ2n) is 8.15. The number of hydrogen-bond acceptors (Lipinski definition) is 4. The topological polar surface area (TPSA) is 96.3 Å². The summed E-state index contributed by atoms with van der Waals surface area (Å²) in [5.74, 6) is -0.937. The zero-order valence-corrected chi connectivity index (χ0v) is 18.5. The van der Waals surface area contributed by atoms with Crippen molar-refractivity contribution in [1.82, 2.24) is 20.0 Å². The Morgan fingerprint density at radius 2 is 1.69 bits per heavy atom. The van der Waals surface area contributed by atoms with Gasteiger partial charge in [0.2, 0.25) is 5.91 Å². The second-order valence-corrected chi connectivity index (χ2v) is 8.15. The van der Waals surface area contributed by atoms with Gasteiger partial charge in [0.25, 0.3) is 5.91 Å². The Hall–Kier alpha value is -3.94. The Balaban J connectivity index is 1.51. The van der Waals surface area contributed by atoms with E-state index in [9.17, 15) is 14.4 Å². The van der Waals surface area contributed by atoms with E-state index in [0.717, 1.165) is 21.8 Å². The van der Waals surface area contributed by atoms with Crippen LogP contribution in [0.5, 0.6) is 0 Å². The van der Waals surface area contributed by atoms with E-state index in [2.05, 4.69) is 15.7 Å². The van der Waals surface area contributed by atoms with E-state index < -0.39 is 23.4 Å². The van der Waals surface area contributed by atoms with Crippen molar-refractivity contribution in [1.29, 1.82) is 0 Å². The minimum atomic E-state index is -1.21. The first-order chi connectivity index (χ1) is 15.2. The molecule has 0 saturated carbocycles. The number of nitrogens with one attached hydrogen (secondary N) is 2. The summed E-state index contributed by atoms with van der Waals surface area (Å²) in [6.45, 7) is 6.92. The summed E-state index contributed by atoms with van der Waals surface area (Å²) < 4.78 is 1.75. The molecule has 4 amide bonds. The number of carbonyl (C=O) groups is 3. The van der Waals surface area contributed by atoms with E-state index in [1.807, 2.05) is 44.2 Å². The molecular weight excluding hydrogens is 406 g/mol. The monoisotopic (exact) mass is 431 g/mol. The number of rotatable bonds is 5. The summed E-state index contributed by atoms with van der Waals surface area (Å²) in [6, 6.07) is 16.3. The summed E-state index contributed by atoms with van der Waals surface area (Å²) in [5.41, 5.74) is 3.43. The van der Waals surface area contributed by atoms with Crippen molar-refractivity contribution in [3.05, 3.63) is 77.1 Å². The van der Waals surface area contributed by atoms with Gasteiger partial charge in [0.15, 0.2) is 0 Å². The molecule has 1 aromatic heterocycles. The molecule has 32 heavy (non-hydrogen) atoms. The second kappa shape index (κ2) is 7.96. The van der Waals surface area contributed by atoms with Gasteiger partial charge in [-0.25, -0.2) is 9.48 Å². The average molecular weight is 431 g/mol. The molecular formula is C24H25N5O3. The van der Waals surface area contributed by atoms with Crippen LogP contribution in [0.4, 0.5) is 10.5 Å². The molecule has 4 rings (SSSR count). The number of carbonyl (C=O) groups excluding carboxylic acids is 3. The third kappa shape index (κ3) is 3.64. The molecule has 1 aliphatic rings. The van der Waals surface area contributed by atoms with Gasteiger partial charge in [-0.3, -0.25) is 14.5 Å². The largest absolute Gasteiger partial charge is 0.325 e. The number of amides is 4. The standard InChI is InChI=1S/C24H25N5O3/c1-15-10-12-19(13-11-15)29-17(3)21(16(2)27-29)25-20(30)14-28-22(31)24(4,26-23(28)32)18-8-6-5-7-9-18/h5-13H,14H2,1-4H3,(H,25,30)(H,26,32). The maximum Gasteiger partial charge on any atom is 0.325 e. The van der Waals surface area contributed by atoms with E-state index in [1.165, 1.54) is 0 Å². The molecule has 1 saturated heterocycles. The Labute approximate surface area is 186 Å². The summed E-state index contributed by atoms with van der Waals surface area (Å²) in [6.07, 6.45) is 0. The number of urea groups is 1. The summed E-state index contributed by atoms with van der Waals surface area (Å²) >= 11 is 0. The van der Waals surface area contributed by atoms with Gasteiger partial charge in [-0.2, -0.15) is 5.10 Å². The fraction of sp³-hybridized carbons (Fsp3) is 0.250. The number of benzene rings is 2. The van der Waals surface area contributed by atoms with E-state index in [1.54, 1.807) is 42.8 Å². The zero-order valence-electron chi connectivity index (χ0n) is 18.5. The summed E-state index contributed by atoms with van der Waals surface area (Å²) in [4.78, 5) is 39.3. The molecule has 1 unspecified atom stereocenters. The van der Waals surface area contributed by atoms with E-state index in [4.69, 9.17) is 0 Å². The van der Waals surface area contributed by atoms with Gasteiger partial charge < -0.3 is 10.6 Å². The number of anilines is 1. The molecule has 2 aromatic carbocycles. The van der Waals surface area contributed by atoms with Crippen molar-refractivity contribution in [2.45, 2.75) is 33.2 Å². The number of nitrogens with zero attached hydrogens (tertiary/aromatic N) is 3. The Kier molecular flexibility index (Phi) is 5.30. The highest BCUT2D eigenvalue weighted by atomic mass is 16.2. The molecule has 0 bridgehead atoms. The lowest BCUT2D eigenvalue weighted by molar-refractivity contribution is -0.133. The number of aromatic nitrogens is 2. The molecule has 0 aliphatic carbocycles. The van der Waals surface area contributed by atoms with Gasteiger partial charge in [-0.15, -0.1) is 0 Å². The minimum Gasteiger partial charge on any atom is -0.321 e. The molecule has 1 atom stereocenters. The Morgan fingerprint density at radius 3 is 2.34 bits per heavy atom. The fourth-order valence-corrected chi connectivity index (χ4v) is 3.89. The van der Waals surface area contributed by atoms with Gasteiger partial charge in [-0.05, 0) is 45.4 Å². The third-order valence-electron chi connectivity index (χ3n) is 5.76. The quantitative estimate of drug-likeness (QED) is 0.607. The van der Waals surface area contributed by atoms with Crippen LogP contribution in [0.2, 0.25) is 0 Å². The van der Waals surface area contributed by atoms with Crippen molar-refractivity contribution >= 4 is 23.5 Å². The highest BCUT2D eigenvalue weighted by Crippen LogP contribution is 2.29. The van der Waals surface area contributed by atoms with Crippen LogP contribution in [0, 0.1) is 20.8 Å². The van der Waals surface area contributed by atoms with E-state index in [-0.39, 0.29) is 6.54 Å². The lowest BCUT2D eigenvalue weighted by atomic mass is 9.92. The molecule has 0 spiro atoms. The van der Waals surface area contributed by atoms with Crippen LogP contribution >= 0.6 is 0 Å². The highest BCUT2D eigenvalue weighted by molar-refractivity contribution is 6.10. The van der Waals surface area contributed by atoms with Crippen LogP contribution in [0.25, 0.3) is 5.69 Å². The van der Waals surface area contributed by atoms with Gasteiger partial charge in [-0.1, -0.05) is 48.0 Å². The van der Waals surface area contributed by atoms with Gasteiger partial charge in [0, 0.05) is 0 Å². The van der Waals surface area contributed by atoms with Crippen LogP contribution in [-0.2, 0) is 15.1 Å². The van der Waals surface area contributed by atoms with Gasteiger partial charge in [0.05, 0.1) is 22.8 Å². The number of hydrogen-bond donors (Lipinski definition) is 2. The Morgan fingerprint density at radius 1 is 1.03 bits per heavy atom. The summed E-state index contributed by atoms with van der Waals surface area (Å²) in [7, 11) is 0. The van der Waals surface area contributed by atoms with Gasteiger partial charge >= 0.3 is 6.03 Å². The number of aryl methyl sites for hydroxylation is 2. The van der Waals surface area contributed by atoms with Crippen LogP contribution in [-0.4, -0.2) is 39.1 Å². The summed E-state index contributed by atoms with van der Waals surface area (Å²) in [5, 5.41) is 10.1. The maximum atomic E-state index is 13.0. The first-order valence-corrected chi connectivity index (χ1v) is 10.3. The third-order valence-corrected chi connectivity index (χ3v) is 5.76. The smallest absolute Gasteiger partial charge is 0.321 e. The fourth-order valence-electron chi connectivity index (χ4n) is 3.89. The van der Waals surface area contributed by atoms with Crippen LogP contribution in [0.1, 0.15) is 29.4 Å². The van der Waals surface area contributed by atoms with Crippen molar-refractivity contribution in [2.75, 3.05) is 11.9 Å². The van der Waals surface area contributed by atoms with Gasteiger partial charge in [0.1, 0.15) is 12.1 Å². The normalized spacial score (nSPS) is 18.1. The van der Waals surface area contributed by atoms with Crippen LogP contribution < -0.4 is 10.6 Å². The van der Waals surface area contributed by atoms with Crippen molar-refractivity contribution in [3.63, 3.8) is 0 Å². The first-order valence-electron chi connectivity index (χ1n) is 10.3. The number of imide groups is 1. The SMILES string of the molecule is Cc1ccc(-n2nc(C)c(NC(=O)CN3C(=O)NC(C)(c4ccccc4)C3=O)c2C)cc1. The van der Waals surface area contributed by atoms with E-state index >= 15 is 0 Å². The highest BCUT2D eigenvalue weighted by Gasteiger charge is 2.49. The van der Waals surface area contributed by atoms with Crippen LogP contribution in [0.15, 0.2) is 54.6 Å². The zero-order chi connectivity index (χ0) is 23.0. The lowest BCUT2D eigenvalue weighted by Gasteiger charge is -2.22. The molecule has 164 valence electrons. The molecule has 1 fully saturated rings. The lowest BCUT2D eigenvalue weighted by Crippen LogP contribution is -2.42. The maximum absolute atomic E-state index is 13.0. The molecule has 2 N–H and O–H groups in total. The van der Waals surface area contributed by atoms with Crippen molar-refractivity contribution in [3.8, 4) is 5.69 Å².